The second kappa shape index (κ2) is 5.28. The van der Waals surface area contributed by atoms with Crippen LogP contribution < -0.4 is 10.6 Å². The average Bonchev–Trinajstić information content (AvgIpc) is 2.47. The Morgan fingerprint density at radius 1 is 1.30 bits per heavy atom. The number of nitrogens with two attached hydrogens (primary N) is 1. The van der Waals surface area contributed by atoms with Crippen molar-refractivity contribution in [1.29, 1.82) is 5.26 Å². The molecule has 1 aromatic heterocycles. The number of anilines is 1. The van der Waals surface area contributed by atoms with Gasteiger partial charge in [-0.15, -0.1) is 0 Å². The lowest BCUT2D eigenvalue weighted by molar-refractivity contribution is 0.499. The van der Waals surface area contributed by atoms with Crippen LogP contribution in [0.2, 0.25) is 5.02 Å². The van der Waals surface area contributed by atoms with Crippen molar-refractivity contribution < 1.29 is 0 Å². The third kappa shape index (κ3) is 2.43. The van der Waals surface area contributed by atoms with Gasteiger partial charge in [-0.2, -0.15) is 5.26 Å². The van der Waals surface area contributed by atoms with Crippen LogP contribution in [0.3, 0.4) is 0 Å². The van der Waals surface area contributed by atoms with Gasteiger partial charge in [0.15, 0.2) is 0 Å². The Kier molecular flexibility index (Phi) is 3.47. The number of piperidine rings is 1. The lowest BCUT2D eigenvalue weighted by Gasteiger charge is -2.31. The Balaban J connectivity index is 2.05. The van der Waals surface area contributed by atoms with Gasteiger partial charge in [0.05, 0.1) is 17.1 Å². The van der Waals surface area contributed by atoms with Crippen LogP contribution >= 0.6 is 11.6 Å². The molecular formula is C15H15ClN4. The third-order valence-corrected chi connectivity index (χ3v) is 3.98. The highest BCUT2D eigenvalue weighted by Gasteiger charge is 2.18. The zero-order valence-corrected chi connectivity index (χ0v) is 11.8. The van der Waals surface area contributed by atoms with Gasteiger partial charge in [-0.05, 0) is 37.1 Å². The molecule has 1 saturated heterocycles. The van der Waals surface area contributed by atoms with Crippen LogP contribution in [0.1, 0.15) is 18.4 Å². The maximum atomic E-state index is 9.33. The van der Waals surface area contributed by atoms with Gasteiger partial charge in [-0.3, -0.25) is 0 Å². The van der Waals surface area contributed by atoms with Gasteiger partial charge >= 0.3 is 0 Å². The molecule has 0 unspecified atom stereocenters. The number of aromatic nitrogens is 1. The molecule has 0 bridgehead atoms. The number of nitriles is 1. The molecule has 0 radical (unpaired) electrons. The molecule has 1 fully saturated rings. The summed E-state index contributed by atoms with van der Waals surface area (Å²) in [5.41, 5.74) is 7.34. The number of nitrogens with zero attached hydrogens (tertiary/aromatic N) is 3. The summed E-state index contributed by atoms with van der Waals surface area (Å²) in [6.07, 6.45) is 1.92. The molecule has 20 heavy (non-hydrogen) atoms. The molecule has 2 heterocycles. The van der Waals surface area contributed by atoms with Crippen LogP contribution in [0.25, 0.3) is 10.9 Å². The van der Waals surface area contributed by atoms with Gasteiger partial charge in [0.25, 0.3) is 0 Å². The molecule has 5 heteroatoms. The lowest BCUT2D eigenvalue weighted by atomic mass is 10.1. The molecule has 0 atom stereocenters. The van der Waals surface area contributed by atoms with E-state index in [0.29, 0.717) is 10.6 Å². The highest BCUT2D eigenvalue weighted by Crippen LogP contribution is 2.26. The molecule has 4 nitrogen and oxygen atoms in total. The SMILES string of the molecule is N#Cc1cc(N2CCC(N)CC2)nc2ccc(Cl)cc12. The molecule has 2 N–H and O–H groups in total. The first-order valence-corrected chi connectivity index (χ1v) is 7.06. The van der Waals surface area contributed by atoms with E-state index in [-0.39, 0.29) is 6.04 Å². The minimum absolute atomic E-state index is 0.279. The fourth-order valence-corrected chi connectivity index (χ4v) is 2.74. The number of hydrogen-bond acceptors (Lipinski definition) is 4. The maximum absolute atomic E-state index is 9.33. The van der Waals surface area contributed by atoms with Gasteiger partial charge in [0, 0.05) is 29.5 Å². The summed E-state index contributed by atoms with van der Waals surface area (Å²) in [6.45, 7) is 1.77. The molecule has 0 aliphatic carbocycles. The van der Waals surface area contributed by atoms with E-state index in [2.05, 4.69) is 16.0 Å². The minimum atomic E-state index is 0.279. The van der Waals surface area contributed by atoms with E-state index in [1.807, 2.05) is 12.1 Å². The molecule has 102 valence electrons. The maximum Gasteiger partial charge on any atom is 0.130 e. The van der Waals surface area contributed by atoms with E-state index >= 15 is 0 Å². The summed E-state index contributed by atoms with van der Waals surface area (Å²) in [4.78, 5) is 6.84. The number of fused-ring (bicyclic) bond motifs is 1. The molecule has 0 spiro atoms. The lowest BCUT2D eigenvalue weighted by Crippen LogP contribution is -2.40. The Hall–Kier alpha value is -1.83. The van der Waals surface area contributed by atoms with E-state index < -0.39 is 0 Å². The smallest absolute Gasteiger partial charge is 0.130 e. The summed E-state index contributed by atoms with van der Waals surface area (Å²) in [7, 11) is 0. The summed E-state index contributed by atoms with van der Waals surface area (Å²) >= 11 is 5.99. The van der Waals surface area contributed by atoms with Crippen LogP contribution in [0.15, 0.2) is 24.3 Å². The molecule has 1 aliphatic heterocycles. The van der Waals surface area contributed by atoms with Gasteiger partial charge in [0.2, 0.25) is 0 Å². The molecule has 3 rings (SSSR count). The molecule has 0 saturated carbocycles. The second-order valence-electron chi connectivity index (χ2n) is 5.13. The number of benzene rings is 1. The van der Waals surface area contributed by atoms with Crippen molar-refractivity contribution in [3.05, 3.63) is 34.9 Å². The van der Waals surface area contributed by atoms with Crippen molar-refractivity contribution in [3.8, 4) is 6.07 Å². The topological polar surface area (TPSA) is 65.9 Å². The Morgan fingerprint density at radius 3 is 2.75 bits per heavy atom. The largest absolute Gasteiger partial charge is 0.356 e. The van der Waals surface area contributed by atoms with Gasteiger partial charge in [-0.25, -0.2) is 4.98 Å². The standard InChI is InChI=1S/C15H15ClN4/c16-11-1-2-14-13(8-11)10(9-17)7-15(19-14)20-5-3-12(18)4-6-20/h1-2,7-8,12H,3-6,18H2. The fourth-order valence-electron chi connectivity index (χ4n) is 2.57. The van der Waals surface area contributed by atoms with E-state index in [9.17, 15) is 5.26 Å². The van der Waals surface area contributed by atoms with E-state index in [1.165, 1.54) is 0 Å². The van der Waals surface area contributed by atoms with Gasteiger partial charge < -0.3 is 10.6 Å². The Morgan fingerprint density at radius 2 is 2.05 bits per heavy atom. The predicted octanol–water partition coefficient (Wildman–Crippen LogP) is 2.69. The van der Waals surface area contributed by atoms with Crippen molar-refractivity contribution >= 4 is 28.3 Å². The Bertz CT molecular complexity index is 684. The van der Waals surface area contributed by atoms with E-state index in [0.717, 1.165) is 42.7 Å². The van der Waals surface area contributed by atoms with Crippen LogP contribution in [0.5, 0.6) is 0 Å². The summed E-state index contributed by atoms with van der Waals surface area (Å²) < 4.78 is 0. The predicted molar refractivity (Wildman–Crippen MR) is 80.9 cm³/mol. The highest BCUT2D eigenvalue weighted by molar-refractivity contribution is 6.31. The first-order chi connectivity index (χ1) is 9.67. The van der Waals surface area contributed by atoms with E-state index in [1.54, 1.807) is 12.1 Å². The van der Waals surface area contributed by atoms with Gasteiger partial charge in [-0.1, -0.05) is 11.6 Å². The zero-order valence-electron chi connectivity index (χ0n) is 11.0. The second-order valence-corrected chi connectivity index (χ2v) is 5.56. The van der Waals surface area contributed by atoms with Crippen molar-refractivity contribution in [2.75, 3.05) is 18.0 Å². The summed E-state index contributed by atoms with van der Waals surface area (Å²) in [5, 5.41) is 10.8. The third-order valence-electron chi connectivity index (χ3n) is 3.74. The minimum Gasteiger partial charge on any atom is -0.356 e. The highest BCUT2D eigenvalue weighted by atomic mass is 35.5. The molecule has 1 aliphatic rings. The van der Waals surface area contributed by atoms with E-state index in [4.69, 9.17) is 17.3 Å². The van der Waals surface area contributed by atoms with Crippen molar-refractivity contribution in [3.63, 3.8) is 0 Å². The first-order valence-electron chi connectivity index (χ1n) is 6.68. The quantitative estimate of drug-likeness (QED) is 0.875. The van der Waals surface area contributed by atoms with Crippen LogP contribution in [0.4, 0.5) is 5.82 Å². The number of rotatable bonds is 1. The normalized spacial score (nSPS) is 16.4. The molecular weight excluding hydrogens is 272 g/mol. The van der Waals surface area contributed by atoms with Gasteiger partial charge in [0.1, 0.15) is 5.82 Å². The van der Waals surface area contributed by atoms with Crippen molar-refractivity contribution in [1.82, 2.24) is 4.98 Å². The monoisotopic (exact) mass is 286 g/mol. The first kappa shape index (κ1) is 13.2. The van der Waals surface area contributed by atoms with Crippen molar-refractivity contribution in [2.45, 2.75) is 18.9 Å². The fraction of sp³-hybridized carbons (Fsp3) is 0.333. The number of pyridine rings is 1. The number of hydrogen-bond donors (Lipinski definition) is 1. The summed E-state index contributed by atoms with van der Waals surface area (Å²) in [6, 6.07) is 9.81. The zero-order chi connectivity index (χ0) is 14.1. The van der Waals surface area contributed by atoms with Crippen LogP contribution in [-0.2, 0) is 0 Å². The molecule has 1 aromatic carbocycles. The Labute approximate surface area is 122 Å². The van der Waals surface area contributed by atoms with Crippen molar-refractivity contribution in [2.24, 2.45) is 5.73 Å². The average molecular weight is 287 g/mol. The van der Waals surface area contributed by atoms with Crippen LogP contribution in [0, 0.1) is 11.3 Å². The molecule has 2 aromatic rings. The summed E-state index contributed by atoms with van der Waals surface area (Å²) in [5.74, 6) is 0.850. The number of halogens is 1. The van der Waals surface area contributed by atoms with Crippen LogP contribution in [-0.4, -0.2) is 24.1 Å². The molecule has 0 amide bonds.